The zero-order valence-electron chi connectivity index (χ0n) is 10.2. The molecule has 0 bridgehead atoms. The molecule has 0 aliphatic carbocycles. The highest BCUT2D eigenvalue weighted by molar-refractivity contribution is 5.18. The molecule has 0 aromatic carbocycles. The number of pyridine rings is 2. The van der Waals surface area contributed by atoms with E-state index in [0.29, 0.717) is 6.04 Å². The standard InChI is InChI=1S/C14H17N3/c1-11-4-3-7-16-14(11)10-17-12(2)13-5-8-15-9-6-13/h3-9,12,17H,10H2,1-2H3. The van der Waals surface area contributed by atoms with Gasteiger partial charge in [0.2, 0.25) is 0 Å². The van der Waals surface area contributed by atoms with Crippen molar-refractivity contribution in [2.24, 2.45) is 0 Å². The van der Waals surface area contributed by atoms with E-state index in [1.807, 2.05) is 36.8 Å². The van der Waals surface area contributed by atoms with Crippen molar-refractivity contribution in [3.8, 4) is 0 Å². The number of nitrogens with zero attached hydrogens (tertiary/aromatic N) is 2. The lowest BCUT2D eigenvalue weighted by atomic mass is 10.1. The van der Waals surface area contributed by atoms with Crippen LogP contribution in [-0.2, 0) is 6.54 Å². The first-order valence-corrected chi connectivity index (χ1v) is 5.81. The van der Waals surface area contributed by atoms with Gasteiger partial charge >= 0.3 is 0 Å². The maximum absolute atomic E-state index is 4.37. The molecular formula is C14H17N3. The maximum Gasteiger partial charge on any atom is 0.0570 e. The fourth-order valence-electron chi connectivity index (χ4n) is 1.72. The van der Waals surface area contributed by atoms with Crippen LogP contribution in [0.2, 0.25) is 0 Å². The van der Waals surface area contributed by atoms with E-state index in [9.17, 15) is 0 Å². The highest BCUT2D eigenvalue weighted by atomic mass is 14.9. The summed E-state index contributed by atoms with van der Waals surface area (Å²) in [6, 6.07) is 8.41. The molecule has 2 aromatic heterocycles. The van der Waals surface area contributed by atoms with Crippen molar-refractivity contribution < 1.29 is 0 Å². The summed E-state index contributed by atoms with van der Waals surface area (Å²) in [4.78, 5) is 8.39. The Morgan fingerprint density at radius 1 is 1.18 bits per heavy atom. The van der Waals surface area contributed by atoms with Gasteiger partial charge in [0.15, 0.2) is 0 Å². The molecule has 0 amide bonds. The Labute approximate surface area is 102 Å². The quantitative estimate of drug-likeness (QED) is 0.872. The summed E-state index contributed by atoms with van der Waals surface area (Å²) in [5.74, 6) is 0. The molecule has 2 heterocycles. The minimum Gasteiger partial charge on any atom is -0.305 e. The summed E-state index contributed by atoms with van der Waals surface area (Å²) >= 11 is 0. The summed E-state index contributed by atoms with van der Waals surface area (Å²) in [6.45, 7) is 5.02. The second kappa shape index (κ2) is 5.55. The van der Waals surface area contributed by atoms with Crippen molar-refractivity contribution in [1.29, 1.82) is 0 Å². The van der Waals surface area contributed by atoms with Crippen LogP contribution in [0.15, 0.2) is 42.9 Å². The third-order valence-corrected chi connectivity index (χ3v) is 2.90. The first-order chi connectivity index (χ1) is 8.27. The lowest BCUT2D eigenvalue weighted by molar-refractivity contribution is 0.565. The zero-order chi connectivity index (χ0) is 12.1. The summed E-state index contributed by atoms with van der Waals surface area (Å²) < 4.78 is 0. The van der Waals surface area contributed by atoms with E-state index in [0.717, 1.165) is 12.2 Å². The number of rotatable bonds is 4. The Hall–Kier alpha value is -1.74. The van der Waals surface area contributed by atoms with Crippen molar-refractivity contribution >= 4 is 0 Å². The third kappa shape index (κ3) is 3.11. The van der Waals surface area contributed by atoms with Gasteiger partial charge in [-0.3, -0.25) is 9.97 Å². The molecule has 1 atom stereocenters. The van der Waals surface area contributed by atoms with E-state index < -0.39 is 0 Å². The number of nitrogens with one attached hydrogen (secondary N) is 1. The van der Waals surface area contributed by atoms with Crippen LogP contribution >= 0.6 is 0 Å². The van der Waals surface area contributed by atoms with Crippen LogP contribution < -0.4 is 5.32 Å². The van der Waals surface area contributed by atoms with Crippen LogP contribution in [0.5, 0.6) is 0 Å². The monoisotopic (exact) mass is 227 g/mol. The normalized spacial score (nSPS) is 12.4. The second-order valence-corrected chi connectivity index (χ2v) is 4.15. The predicted molar refractivity (Wildman–Crippen MR) is 68.5 cm³/mol. The number of hydrogen-bond acceptors (Lipinski definition) is 3. The van der Waals surface area contributed by atoms with Crippen molar-refractivity contribution in [1.82, 2.24) is 15.3 Å². The molecule has 17 heavy (non-hydrogen) atoms. The summed E-state index contributed by atoms with van der Waals surface area (Å²) in [5.41, 5.74) is 3.57. The van der Waals surface area contributed by atoms with Crippen molar-refractivity contribution in [3.63, 3.8) is 0 Å². The predicted octanol–water partition coefficient (Wildman–Crippen LogP) is 2.64. The number of hydrogen-bond donors (Lipinski definition) is 1. The lowest BCUT2D eigenvalue weighted by Gasteiger charge is -2.14. The highest BCUT2D eigenvalue weighted by Gasteiger charge is 2.05. The largest absolute Gasteiger partial charge is 0.305 e. The Balaban J connectivity index is 1.97. The smallest absolute Gasteiger partial charge is 0.0570 e. The van der Waals surface area contributed by atoms with E-state index in [1.54, 1.807) is 0 Å². The van der Waals surface area contributed by atoms with E-state index in [1.165, 1.54) is 11.1 Å². The minimum absolute atomic E-state index is 0.305. The van der Waals surface area contributed by atoms with Gasteiger partial charge in [0.05, 0.1) is 5.69 Å². The van der Waals surface area contributed by atoms with Crippen LogP contribution in [0.25, 0.3) is 0 Å². The molecule has 0 fully saturated rings. The molecule has 0 radical (unpaired) electrons. The molecule has 1 unspecified atom stereocenters. The molecule has 88 valence electrons. The van der Waals surface area contributed by atoms with Gasteiger partial charge in [-0.05, 0) is 43.2 Å². The van der Waals surface area contributed by atoms with Gasteiger partial charge in [0.25, 0.3) is 0 Å². The molecule has 3 heteroatoms. The molecule has 2 aromatic rings. The van der Waals surface area contributed by atoms with Crippen molar-refractivity contribution in [2.75, 3.05) is 0 Å². The third-order valence-electron chi connectivity index (χ3n) is 2.90. The SMILES string of the molecule is Cc1cccnc1CNC(C)c1ccncc1. The Bertz CT molecular complexity index is 468. The lowest BCUT2D eigenvalue weighted by Crippen LogP contribution is -2.19. The van der Waals surface area contributed by atoms with E-state index in [4.69, 9.17) is 0 Å². The average Bonchev–Trinajstić information content (AvgIpc) is 2.38. The molecule has 0 saturated carbocycles. The molecule has 2 rings (SSSR count). The fourth-order valence-corrected chi connectivity index (χ4v) is 1.72. The van der Waals surface area contributed by atoms with Gasteiger partial charge in [-0.15, -0.1) is 0 Å². The molecular weight excluding hydrogens is 210 g/mol. The van der Waals surface area contributed by atoms with Crippen LogP contribution in [-0.4, -0.2) is 9.97 Å². The molecule has 0 spiro atoms. The van der Waals surface area contributed by atoms with Crippen LogP contribution in [0.4, 0.5) is 0 Å². The molecule has 3 nitrogen and oxygen atoms in total. The Kier molecular flexibility index (Phi) is 3.83. The Morgan fingerprint density at radius 2 is 1.94 bits per heavy atom. The number of aromatic nitrogens is 2. The first kappa shape index (κ1) is 11.7. The number of aryl methyl sites for hydroxylation is 1. The second-order valence-electron chi connectivity index (χ2n) is 4.15. The van der Waals surface area contributed by atoms with E-state index >= 15 is 0 Å². The van der Waals surface area contributed by atoms with Gasteiger partial charge in [-0.25, -0.2) is 0 Å². The van der Waals surface area contributed by atoms with Crippen LogP contribution in [0, 0.1) is 6.92 Å². The zero-order valence-corrected chi connectivity index (χ0v) is 10.2. The topological polar surface area (TPSA) is 37.8 Å². The summed E-state index contributed by atoms with van der Waals surface area (Å²) in [5, 5.41) is 3.47. The van der Waals surface area contributed by atoms with E-state index in [2.05, 4.69) is 35.2 Å². The Morgan fingerprint density at radius 3 is 2.65 bits per heavy atom. The van der Waals surface area contributed by atoms with Crippen molar-refractivity contribution in [3.05, 3.63) is 59.7 Å². The van der Waals surface area contributed by atoms with Crippen molar-refractivity contribution in [2.45, 2.75) is 26.4 Å². The van der Waals surface area contributed by atoms with Gasteiger partial charge in [-0.2, -0.15) is 0 Å². The minimum atomic E-state index is 0.305. The van der Waals surface area contributed by atoms with Crippen LogP contribution in [0.1, 0.15) is 29.8 Å². The van der Waals surface area contributed by atoms with Gasteiger partial charge in [0.1, 0.15) is 0 Å². The molecule has 0 saturated heterocycles. The average molecular weight is 227 g/mol. The highest BCUT2D eigenvalue weighted by Crippen LogP contribution is 2.11. The molecule has 1 N–H and O–H groups in total. The maximum atomic E-state index is 4.37. The summed E-state index contributed by atoms with van der Waals surface area (Å²) in [6.07, 6.45) is 5.47. The fraction of sp³-hybridized carbons (Fsp3) is 0.286. The van der Waals surface area contributed by atoms with Gasteiger partial charge < -0.3 is 5.32 Å². The molecule has 0 aliphatic rings. The van der Waals surface area contributed by atoms with Crippen LogP contribution in [0.3, 0.4) is 0 Å². The van der Waals surface area contributed by atoms with Gasteiger partial charge in [-0.1, -0.05) is 6.07 Å². The van der Waals surface area contributed by atoms with E-state index in [-0.39, 0.29) is 0 Å². The summed E-state index contributed by atoms with van der Waals surface area (Å²) in [7, 11) is 0. The van der Waals surface area contributed by atoms with Gasteiger partial charge in [0, 0.05) is 31.2 Å². The first-order valence-electron chi connectivity index (χ1n) is 5.81. The molecule has 0 aliphatic heterocycles.